The van der Waals surface area contributed by atoms with Crippen molar-refractivity contribution in [3.63, 3.8) is 0 Å². The maximum absolute atomic E-state index is 5.23. The number of hydrogen-bond acceptors (Lipinski definition) is 3. The van der Waals surface area contributed by atoms with Crippen molar-refractivity contribution in [2.24, 2.45) is 0 Å². The number of fused-ring (bicyclic) bond motifs is 5. The van der Waals surface area contributed by atoms with Crippen LogP contribution in [0.3, 0.4) is 0 Å². The number of nitrogens with zero attached hydrogens (tertiary/aromatic N) is 3. The molecule has 0 bridgehead atoms. The number of aromatic nitrogens is 3. The van der Waals surface area contributed by atoms with Crippen molar-refractivity contribution in [3.8, 4) is 56.4 Å². The van der Waals surface area contributed by atoms with Crippen LogP contribution in [0.2, 0.25) is 0 Å². The molecule has 0 saturated carbocycles. The minimum Gasteiger partial charge on any atom is -0.208 e. The lowest BCUT2D eigenvalue weighted by Crippen LogP contribution is -2.72. The molecule has 11 rings (SSSR count). The van der Waals surface area contributed by atoms with Crippen LogP contribution >= 0.6 is 0 Å². The summed E-state index contributed by atoms with van der Waals surface area (Å²) in [7, 11) is -2.60. The summed E-state index contributed by atoms with van der Waals surface area (Å²) in [4.78, 5) is 15.5. The van der Waals surface area contributed by atoms with E-state index in [0.717, 1.165) is 38.2 Å². The highest BCUT2D eigenvalue weighted by Gasteiger charge is 2.48. The van der Waals surface area contributed by atoms with E-state index >= 15 is 0 Å². The second-order valence-corrected chi connectivity index (χ2v) is 18.4. The molecule has 0 atom stereocenters. The van der Waals surface area contributed by atoms with E-state index in [0.29, 0.717) is 17.5 Å². The zero-order valence-electron chi connectivity index (χ0n) is 31.0. The summed E-state index contributed by atoms with van der Waals surface area (Å²) in [5.74, 6) is 1.96. The van der Waals surface area contributed by atoms with Gasteiger partial charge in [-0.1, -0.05) is 206 Å². The van der Waals surface area contributed by atoms with Crippen LogP contribution in [-0.4, -0.2) is 23.0 Å². The maximum Gasteiger partial charge on any atom is 0.180 e. The summed E-state index contributed by atoms with van der Waals surface area (Å²) in [5.41, 5.74) is 7.96. The van der Waals surface area contributed by atoms with Gasteiger partial charge < -0.3 is 0 Å². The predicted octanol–water partition coefficient (Wildman–Crippen LogP) is 10.2. The molecule has 9 aromatic carbocycles. The van der Waals surface area contributed by atoms with Crippen LogP contribution in [0.15, 0.2) is 212 Å². The Bertz CT molecular complexity index is 2960. The highest BCUT2D eigenvalue weighted by Crippen LogP contribution is 2.44. The Kier molecular flexibility index (Phi) is 7.83. The SMILES string of the molecule is c1ccc(-c2nc(-c3ccccc3)nc(-c3c4ccccc4c(-c4ccc5c(c4)-c4ccccc4[Si]5(c4ccccc4)c4ccccc4)c4ccccc34)n2)cc1. The van der Waals surface area contributed by atoms with Crippen LogP contribution in [0.25, 0.3) is 78.0 Å². The Hall–Kier alpha value is -7.27. The molecule has 1 aromatic heterocycles. The molecule has 0 radical (unpaired) electrons. The molecule has 0 fully saturated rings. The summed E-state index contributed by atoms with van der Waals surface area (Å²) in [6.45, 7) is 0. The average molecular weight is 742 g/mol. The lowest BCUT2D eigenvalue weighted by Gasteiger charge is -2.31. The smallest absolute Gasteiger partial charge is 0.180 e. The molecule has 2 heterocycles. The highest BCUT2D eigenvalue weighted by molar-refractivity contribution is 7.22. The van der Waals surface area contributed by atoms with Gasteiger partial charge in [-0.3, -0.25) is 0 Å². The molecular weight excluding hydrogens is 707 g/mol. The first-order valence-electron chi connectivity index (χ1n) is 19.5. The first-order valence-corrected chi connectivity index (χ1v) is 21.5. The van der Waals surface area contributed by atoms with E-state index in [1.54, 1.807) is 0 Å². The minimum atomic E-state index is -2.60. The van der Waals surface area contributed by atoms with E-state index in [4.69, 9.17) is 15.0 Å². The fourth-order valence-corrected chi connectivity index (χ4v) is 14.4. The molecule has 0 amide bonds. The average Bonchev–Trinajstić information content (AvgIpc) is 3.59. The zero-order valence-corrected chi connectivity index (χ0v) is 32.0. The van der Waals surface area contributed by atoms with Crippen molar-refractivity contribution in [1.82, 2.24) is 15.0 Å². The number of benzene rings is 9. The molecule has 266 valence electrons. The van der Waals surface area contributed by atoms with E-state index in [9.17, 15) is 0 Å². The van der Waals surface area contributed by atoms with Gasteiger partial charge in [0.2, 0.25) is 0 Å². The second-order valence-electron chi connectivity index (χ2n) is 14.7. The summed E-state index contributed by atoms with van der Waals surface area (Å²) >= 11 is 0. The fraction of sp³-hybridized carbons (Fsp3) is 0. The van der Waals surface area contributed by atoms with Crippen molar-refractivity contribution in [3.05, 3.63) is 212 Å². The van der Waals surface area contributed by atoms with Gasteiger partial charge in [-0.15, -0.1) is 0 Å². The number of hydrogen-bond donors (Lipinski definition) is 0. The summed E-state index contributed by atoms with van der Waals surface area (Å²) < 4.78 is 0. The van der Waals surface area contributed by atoms with Crippen molar-refractivity contribution in [2.45, 2.75) is 0 Å². The normalized spacial score (nSPS) is 12.7. The van der Waals surface area contributed by atoms with Gasteiger partial charge in [-0.25, -0.2) is 15.0 Å². The van der Waals surface area contributed by atoms with Crippen LogP contribution in [0.4, 0.5) is 0 Å². The monoisotopic (exact) mass is 741 g/mol. The van der Waals surface area contributed by atoms with Crippen molar-refractivity contribution < 1.29 is 0 Å². The van der Waals surface area contributed by atoms with Gasteiger partial charge in [0.25, 0.3) is 0 Å². The van der Waals surface area contributed by atoms with Gasteiger partial charge in [-0.05, 0) is 70.6 Å². The molecular formula is C53H35N3Si. The molecule has 0 saturated heterocycles. The van der Waals surface area contributed by atoms with E-state index in [1.165, 1.54) is 43.0 Å². The summed E-state index contributed by atoms with van der Waals surface area (Å²) in [6.07, 6.45) is 0. The second kappa shape index (κ2) is 13.5. The molecule has 0 spiro atoms. The third-order valence-electron chi connectivity index (χ3n) is 11.6. The largest absolute Gasteiger partial charge is 0.208 e. The van der Waals surface area contributed by atoms with Crippen LogP contribution in [0, 0.1) is 0 Å². The predicted molar refractivity (Wildman–Crippen MR) is 239 cm³/mol. The molecule has 1 aliphatic heterocycles. The maximum atomic E-state index is 5.23. The Morgan fingerprint density at radius 2 is 0.684 bits per heavy atom. The summed E-state index contributed by atoms with van der Waals surface area (Å²) in [6, 6.07) is 76.7. The Morgan fingerprint density at radius 3 is 1.21 bits per heavy atom. The molecule has 1 aliphatic rings. The van der Waals surface area contributed by atoms with Crippen molar-refractivity contribution in [2.75, 3.05) is 0 Å². The van der Waals surface area contributed by atoms with Gasteiger partial charge in [0.05, 0.1) is 0 Å². The highest BCUT2D eigenvalue weighted by atomic mass is 28.3. The molecule has 10 aromatic rings. The third-order valence-corrected chi connectivity index (χ3v) is 16.5. The van der Waals surface area contributed by atoms with Crippen LogP contribution in [0.1, 0.15) is 0 Å². The van der Waals surface area contributed by atoms with Crippen LogP contribution in [0.5, 0.6) is 0 Å². The van der Waals surface area contributed by atoms with Gasteiger partial charge in [-0.2, -0.15) is 0 Å². The van der Waals surface area contributed by atoms with Crippen molar-refractivity contribution >= 4 is 50.4 Å². The van der Waals surface area contributed by atoms with Gasteiger partial charge in [0, 0.05) is 16.7 Å². The Labute approximate surface area is 332 Å². The van der Waals surface area contributed by atoms with E-state index in [2.05, 4.69) is 176 Å². The lowest BCUT2D eigenvalue weighted by atomic mass is 9.87. The first-order chi connectivity index (χ1) is 28.3. The van der Waals surface area contributed by atoms with E-state index in [1.807, 2.05) is 36.4 Å². The van der Waals surface area contributed by atoms with Crippen molar-refractivity contribution in [1.29, 1.82) is 0 Å². The van der Waals surface area contributed by atoms with Gasteiger partial charge in [0.1, 0.15) is 0 Å². The molecule has 3 nitrogen and oxygen atoms in total. The quantitative estimate of drug-likeness (QED) is 0.126. The van der Waals surface area contributed by atoms with E-state index in [-0.39, 0.29) is 0 Å². The third kappa shape index (κ3) is 5.22. The van der Waals surface area contributed by atoms with E-state index < -0.39 is 8.07 Å². The molecule has 57 heavy (non-hydrogen) atoms. The molecule has 0 aliphatic carbocycles. The first kappa shape index (κ1) is 33.1. The topological polar surface area (TPSA) is 38.7 Å². The van der Waals surface area contributed by atoms with Crippen LogP contribution < -0.4 is 20.7 Å². The van der Waals surface area contributed by atoms with Gasteiger partial charge in [0.15, 0.2) is 25.5 Å². The fourth-order valence-electron chi connectivity index (χ4n) is 9.21. The Morgan fingerprint density at radius 1 is 0.281 bits per heavy atom. The molecule has 4 heteroatoms. The standard InChI is InChI=1S/C53H35N3Si/c1-5-19-36(20-6-1)51-54-52(37-21-7-2-8-22-37)56-53(55-51)50-44-30-15-13-28-42(44)49(43-29-14-16-31-45(43)50)38-33-34-48-46(35-38)41-27-17-18-32-47(41)57(48,39-23-9-3-10-24-39)40-25-11-4-12-26-40/h1-35H. The lowest BCUT2D eigenvalue weighted by molar-refractivity contribution is 1.08. The molecule has 0 unspecified atom stereocenters. The van der Waals surface area contributed by atoms with Gasteiger partial charge >= 0.3 is 0 Å². The minimum absolute atomic E-state index is 0.651. The number of rotatable bonds is 6. The van der Waals surface area contributed by atoms with Crippen LogP contribution in [-0.2, 0) is 0 Å². The Balaban J connectivity index is 1.18. The zero-order chi connectivity index (χ0) is 37.8. The summed E-state index contributed by atoms with van der Waals surface area (Å²) in [5, 5.41) is 10.2. The molecule has 0 N–H and O–H groups in total.